The van der Waals surface area contributed by atoms with Crippen molar-refractivity contribution in [3.63, 3.8) is 0 Å². The van der Waals surface area contributed by atoms with Crippen molar-refractivity contribution in [2.45, 2.75) is 132 Å². The highest BCUT2D eigenvalue weighted by Gasteiger charge is 2.32. The van der Waals surface area contributed by atoms with Crippen LogP contribution in [0.1, 0.15) is 103 Å². The Morgan fingerprint density at radius 1 is 0.667 bits per heavy atom. The summed E-state index contributed by atoms with van der Waals surface area (Å²) in [5.41, 5.74) is 4.79. The zero-order valence-corrected chi connectivity index (χ0v) is 31.1. The van der Waals surface area contributed by atoms with Crippen LogP contribution in [0.3, 0.4) is 0 Å². The van der Waals surface area contributed by atoms with Crippen molar-refractivity contribution in [3.8, 4) is 11.5 Å². The first-order chi connectivity index (χ1) is 22.1. The van der Waals surface area contributed by atoms with Gasteiger partial charge in [0.2, 0.25) is 11.6 Å². The quantitative estimate of drug-likeness (QED) is 0.244. The average Bonchev–Trinajstić information content (AvgIpc) is 2.89. The summed E-state index contributed by atoms with van der Waals surface area (Å²) < 4.78 is 36.0. The van der Waals surface area contributed by atoms with Crippen LogP contribution >= 0.6 is 0 Å². The second-order valence-electron chi connectivity index (χ2n) is 16.0. The van der Waals surface area contributed by atoms with E-state index in [1.165, 1.54) is 0 Å². The summed E-state index contributed by atoms with van der Waals surface area (Å²) in [7, 11) is 0. The monoisotopic (exact) mass is 668 g/mol. The molecule has 10 nitrogen and oxygen atoms in total. The third kappa shape index (κ3) is 11.2. The van der Waals surface area contributed by atoms with Crippen LogP contribution in [0.4, 0.5) is 0 Å². The molecule has 0 N–H and O–H groups in total. The van der Waals surface area contributed by atoms with Gasteiger partial charge in [-0.2, -0.15) is 0 Å². The molecule has 0 spiro atoms. The molecule has 2 aromatic carbocycles. The molecule has 0 saturated carbocycles. The van der Waals surface area contributed by atoms with E-state index in [0.29, 0.717) is 39.4 Å². The van der Waals surface area contributed by atoms with Crippen LogP contribution in [0.2, 0.25) is 0 Å². The Morgan fingerprint density at radius 2 is 1.02 bits per heavy atom. The lowest BCUT2D eigenvalue weighted by Crippen LogP contribution is -2.42. The number of fused-ring (bicyclic) bond motifs is 2. The normalized spacial score (nSPS) is 16.9. The minimum Gasteiger partial charge on any atom is -0.462 e. The van der Waals surface area contributed by atoms with Gasteiger partial charge in [0.1, 0.15) is 22.7 Å². The van der Waals surface area contributed by atoms with Crippen LogP contribution in [-0.2, 0) is 54.8 Å². The summed E-state index contributed by atoms with van der Waals surface area (Å²) in [6.45, 7) is 25.7. The first-order valence-corrected chi connectivity index (χ1v) is 16.9. The fraction of sp³-hybridized carbons (Fsp3) is 0.632. The zero-order valence-electron chi connectivity index (χ0n) is 31.1. The Hall–Kier alpha value is -3.18. The summed E-state index contributed by atoms with van der Waals surface area (Å²) >= 11 is 0. The molecule has 10 heteroatoms. The maximum atomic E-state index is 13.2. The van der Waals surface area contributed by atoms with E-state index >= 15 is 0 Å². The third-order valence-electron chi connectivity index (χ3n) is 7.69. The van der Waals surface area contributed by atoms with Crippen LogP contribution in [0.25, 0.3) is 0 Å². The largest absolute Gasteiger partial charge is 0.462 e. The Bertz CT molecular complexity index is 1370. The SMILES string of the molecule is Cc1cc2c(c(CN(CCN(CC(=O)OC(C)(C)C)Cc3cc(C)cc4c3OC(C)(C)OC4)CC(=O)OC(C)(C)C)c1)OC(C)(C)OC2. The van der Waals surface area contributed by atoms with Gasteiger partial charge in [-0.1, -0.05) is 35.4 Å². The third-order valence-corrected chi connectivity index (χ3v) is 7.69. The molecule has 0 aliphatic carbocycles. The Balaban J connectivity index is 1.64. The van der Waals surface area contributed by atoms with Crippen LogP contribution < -0.4 is 9.47 Å². The van der Waals surface area contributed by atoms with Gasteiger partial charge in [-0.25, -0.2) is 0 Å². The van der Waals surface area contributed by atoms with E-state index in [2.05, 4.69) is 34.1 Å². The van der Waals surface area contributed by atoms with Gasteiger partial charge in [0.25, 0.3) is 0 Å². The number of rotatable bonds is 11. The van der Waals surface area contributed by atoms with E-state index in [0.717, 1.165) is 44.9 Å². The Kier molecular flexibility index (Phi) is 11.3. The number of nitrogens with zero attached hydrogens (tertiary/aromatic N) is 2. The van der Waals surface area contributed by atoms with E-state index < -0.39 is 22.8 Å². The number of aryl methyl sites for hydroxylation is 2. The fourth-order valence-corrected chi connectivity index (χ4v) is 5.93. The van der Waals surface area contributed by atoms with E-state index in [4.69, 9.17) is 28.4 Å². The molecule has 0 amide bonds. The predicted octanol–water partition coefficient (Wildman–Crippen LogP) is 6.58. The molecule has 0 bridgehead atoms. The van der Waals surface area contributed by atoms with Gasteiger partial charge in [0, 0.05) is 76.1 Å². The van der Waals surface area contributed by atoms with Gasteiger partial charge >= 0.3 is 11.9 Å². The molecule has 266 valence electrons. The highest BCUT2D eigenvalue weighted by Crippen LogP contribution is 2.37. The molecular weight excluding hydrogens is 612 g/mol. The number of ether oxygens (including phenoxy) is 6. The lowest BCUT2D eigenvalue weighted by molar-refractivity contribution is -0.181. The molecule has 0 fully saturated rings. The van der Waals surface area contributed by atoms with Crippen LogP contribution in [0, 0.1) is 13.8 Å². The minimum atomic E-state index is -0.772. The molecule has 48 heavy (non-hydrogen) atoms. The van der Waals surface area contributed by atoms with Crippen molar-refractivity contribution >= 4 is 11.9 Å². The lowest BCUT2D eigenvalue weighted by Gasteiger charge is -2.36. The first-order valence-electron chi connectivity index (χ1n) is 16.9. The number of benzene rings is 2. The van der Waals surface area contributed by atoms with E-state index in [-0.39, 0.29) is 25.0 Å². The van der Waals surface area contributed by atoms with Crippen LogP contribution in [-0.4, -0.2) is 70.7 Å². The van der Waals surface area contributed by atoms with Crippen LogP contribution in [0.15, 0.2) is 24.3 Å². The van der Waals surface area contributed by atoms with Crippen molar-refractivity contribution < 1.29 is 38.0 Å². The van der Waals surface area contributed by atoms with Crippen molar-refractivity contribution in [1.29, 1.82) is 0 Å². The minimum absolute atomic E-state index is 0.0641. The second kappa shape index (κ2) is 14.4. The molecule has 0 radical (unpaired) electrons. The molecule has 0 saturated heterocycles. The molecule has 0 unspecified atom stereocenters. The lowest BCUT2D eigenvalue weighted by atomic mass is 10.0. The maximum absolute atomic E-state index is 13.2. The molecule has 0 atom stereocenters. The van der Waals surface area contributed by atoms with Crippen molar-refractivity contribution in [2.24, 2.45) is 0 Å². The van der Waals surface area contributed by atoms with E-state index in [1.807, 2.05) is 83.1 Å². The average molecular weight is 669 g/mol. The molecule has 2 aliphatic heterocycles. The van der Waals surface area contributed by atoms with Crippen LogP contribution in [0.5, 0.6) is 11.5 Å². The standard InChI is InChI=1S/C38H56N2O8/c1-25-15-27(33-29(17-25)23-43-37(9,10)47-33)19-39(21-31(41)45-35(3,4)5)13-14-40(22-32(42)46-36(6,7)8)20-28-16-26(2)18-30-24-44-38(11,12)48-34(28)30/h15-18H,13-14,19-24H2,1-12H3. The van der Waals surface area contributed by atoms with Crippen molar-refractivity contribution in [3.05, 3.63) is 57.6 Å². The molecule has 2 aliphatic rings. The Morgan fingerprint density at radius 3 is 1.35 bits per heavy atom. The highest BCUT2D eigenvalue weighted by atomic mass is 16.7. The molecule has 4 rings (SSSR count). The van der Waals surface area contributed by atoms with Gasteiger partial charge in [-0.05, 0) is 55.4 Å². The van der Waals surface area contributed by atoms with E-state index in [1.54, 1.807) is 0 Å². The first kappa shape index (κ1) is 37.6. The van der Waals surface area contributed by atoms with Gasteiger partial charge in [0.05, 0.1) is 26.3 Å². The van der Waals surface area contributed by atoms with Gasteiger partial charge in [0.15, 0.2) is 0 Å². The molecular formula is C38H56N2O8. The van der Waals surface area contributed by atoms with Crippen molar-refractivity contribution in [1.82, 2.24) is 9.80 Å². The second-order valence-corrected chi connectivity index (χ2v) is 16.0. The van der Waals surface area contributed by atoms with Gasteiger partial charge in [-0.15, -0.1) is 0 Å². The summed E-state index contributed by atoms with van der Waals surface area (Å²) in [5, 5.41) is 0. The Labute approximate surface area is 286 Å². The van der Waals surface area contributed by atoms with E-state index in [9.17, 15) is 9.59 Å². The molecule has 0 aromatic heterocycles. The summed E-state index contributed by atoms with van der Waals surface area (Å²) in [6.07, 6.45) is 0. The summed E-state index contributed by atoms with van der Waals surface area (Å²) in [6, 6.07) is 8.35. The number of hydrogen-bond donors (Lipinski definition) is 0. The van der Waals surface area contributed by atoms with Gasteiger partial charge in [-0.3, -0.25) is 19.4 Å². The number of esters is 2. The fourth-order valence-electron chi connectivity index (χ4n) is 5.93. The smallest absolute Gasteiger partial charge is 0.320 e. The molecule has 2 heterocycles. The predicted molar refractivity (Wildman–Crippen MR) is 184 cm³/mol. The summed E-state index contributed by atoms with van der Waals surface area (Å²) in [5.74, 6) is -0.626. The zero-order chi connectivity index (χ0) is 35.7. The molecule has 2 aromatic rings. The topological polar surface area (TPSA) is 96.0 Å². The number of carbonyl (C=O) groups excluding carboxylic acids is 2. The summed E-state index contributed by atoms with van der Waals surface area (Å²) in [4.78, 5) is 30.5. The van der Waals surface area contributed by atoms with Gasteiger partial charge < -0.3 is 28.4 Å². The maximum Gasteiger partial charge on any atom is 0.320 e. The highest BCUT2D eigenvalue weighted by molar-refractivity contribution is 5.72. The van der Waals surface area contributed by atoms with Crippen molar-refractivity contribution in [2.75, 3.05) is 26.2 Å². The number of hydrogen-bond acceptors (Lipinski definition) is 10. The number of carbonyl (C=O) groups is 2.